The van der Waals surface area contributed by atoms with Crippen LogP contribution in [-0.4, -0.2) is 63.1 Å². The second-order valence-electron chi connectivity index (χ2n) is 20.8. The Labute approximate surface area is 485 Å². The molecular formula is C76H58O8. The second kappa shape index (κ2) is 23.0. The zero-order valence-corrected chi connectivity index (χ0v) is 46.1. The monoisotopic (exact) mass is 1100 g/mol. The maximum atomic E-state index is 9.92. The van der Waals surface area contributed by atoms with Crippen LogP contribution >= 0.6 is 0 Å². The van der Waals surface area contributed by atoms with Gasteiger partial charge in [0.15, 0.2) is 0 Å². The lowest BCUT2D eigenvalue weighted by atomic mass is 9.87. The highest BCUT2D eigenvalue weighted by atomic mass is 16.5. The van der Waals surface area contributed by atoms with Crippen LogP contribution in [0.15, 0.2) is 243 Å². The number of ether oxygens (including phenoxy) is 6. The molecule has 0 bridgehead atoms. The van der Waals surface area contributed by atoms with E-state index in [1.54, 1.807) is 0 Å². The minimum Gasteiger partial charge on any atom is -0.491 e. The zero-order chi connectivity index (χ0) is 56.3. The van der Waals surface area contributed by atoms with E-state index in [0.29, 0.717) is 23.0 Å². The standard InChI is InChI=1S/C76H58O8/c77-41-43-79-65-37-33-49-17-1-5-21-53(49)69(65)71-55-23-7-3-19-51(55)35-39-67(71)81-45-47-83-75-63-31-15-11-27-59(63)57-25-9-13-29-61(57)73(75)74-62-30-14-10-26-58(62)60-28-12-16-32-64(60)76(74)84-48-46-82-68-40-36-52-20-4-8-24-56(52)72(68)70-54-22-6-2-18-50(54)34-38-66(70)80-44-42-78/h1-40,77-78H,41-48H2. The van der Waals surface area contributed by atoms with Crippen molar-refractivity contribution in [1.82, 2.24) is 0 Å². The van der Waals surface area contributed by atoms with Crippen molar-refractivity contribution in [2.24, 2.45) is 0 Å². The Kier molecular flexibility index (Phi) is 14.3. The Morgan fingerprint density at radius 2 is 0.417 bits per heavy atom. The van der Waals surface area contributed by atoms with Crippen molar-refractivity contribution in [2.45, 2.75) is 0 Å². The van der Waals surface area contributed by atoms with E-state index in [9.17, 15) is 10.2 Å². The van der Waals surface area contributed by atoms with Gasteiger partial charge in [-0.1, -0.05) is 218 Å². The SMILES string of the molecule is OCCOc1ccc2ccccc2c1-c1c(OCCOc2c(-c3c(OCCOc4ccc5ccccc5c4-c4c(OCCO)ccc5ccccc45)c4ccccc4c4ccccc34)c3ccccc3c3ccccc23)ccc2ccccc12. The lowest BCUT2D eigenvalue weighted by molar-refractivity contribution is 0.202. The molecule has 0 amide bonds. The molecule has 0 aliphatic rings. The van der Waals surface area contributed by atoms with Gasteiger partial charge in [0.1, 0.15) is 74.1 Å². The first-order valence-corrected chi connectivity index (χ1v) is 28.6. The Balaban J connectivity index is 0.867. The molecule has 0 saturated carbocycles. The van der Waals surface area contributed by atoms with Gasteiger partial charge < -0.3 is 38.6 Å². The number of aliphatic hydroxyl groups is 2. The molecule has 84 heavy (non-hydrogen) atoms. The van der Waals surface area contributed by atoms with E-state index in [2.05, 4.69) is 170 Å². The average Bonchev–Trinajstić information content (AvgIpc) is 3.72. The number of aliphatic hydroxyl groups excluding tert-OH is 2. The molecule has 0 radical (unpaired) electrons. The fourth-order valence-electron chi connectivity index (χ4n) is 12.4. The molecule has 8 heteroatoms. The largest absolute Gasteiger partial charge is 0.491 e. The highest BCUT2D eigenvalue weighted by molar-refractivity contribution is 6.25. The number of fused-ring (bicyclic) bond motifs is 10. The van der Waals surface area contributed by atoms with E-state index >= 15 is 0 Å². The summed E-state index contributed by atoms with van der Waals surface area (Å²) in [5.41, 5.74) is 5.45. The van der Waals surface area contributed by atoms with Crippen molar-refractivity contribution >= 4 is 86.2 Å². The molecule has 0 fully saturated rings. The van der Waals surface area contributed by atoms with Gasteiger partial charge in [0.2, 0.25) is 0 Å². The molecule has 14 aromatic rings. The van der Waals surface area contributed by atoms with Gasteiger partial charge >= 0.3 is 0 Å². The topological polar surface area (TPSA) is 95.8 Å². The van der Waals surface area contributed by atoms with E-state index in [1.165, 1.54) is 0 Å². The van der Waals surface area contributed by atoms with Crippen LogP contribution in [-0.2, 0) is 0 Å². The summed E-state index contributed by atoms with van der Waals surface area (Å²) in [5.74, 6) is 4.14. The molecule has 0 aliphatic heterocycles. The van der Waals surface area contributed by atoms with E-state index in [4.69, 9.17) is 28.4 Å². The molecule has 2 N–H and O–H groups in total. The van der Waals surface area contributed by atoms with Gasteiger partial charge in [0.05, 0.1) is 13.2 Å². The molecule has 0 aromatic heterocycles. The Bertz CT molecular complexity index is 4500. The minimum atomic E-state index is -0.115. The molecule has 8 nitrogen and oxygen atoms in total. The van der Waals surface area contributed by atoms with Crippen molar-refractivity contribution in [1.29, 1.82) is 0 Å². The first-order valence-electron chi connectivity index (χ1n) is 28.6. The number of hydrogen-bond donors (Lipinski definition) is 2. The minimum absolute atomic E-state index is 0.115. The second-order valence-corrected chi connectivity index (χ2v) is 20.8. The van der Waals surface area contributed by atoms with Crippen LogP contribution in [0.2, 0.25) is 0 Å². The molecule has 0 unspecified atom stereocenters. The normalized spacial score (nSPS) is 11.6. The van der Waals surface area contributed by atoms with E-state index in [-0.39, 0.29) is 52.9 Å². The summed E-state index contributed by atoms with van der Waals surface area (Å²) in [7, 11) is 0. The van der Waals surface area contributed by atoms with Gasteiger partial charge in [-0.25, -0.2) is 0 Å². The third-order valence-corrected chi connectivity index (χ3v) is 16.0. The molecular weight excluding hydrogens is 1040 g/mol. The van der Waals surface area contributed by atoms with E-state index < -0.39 is 0 Å². The first-order chi connectivity index (χ1) is 41.7. The summed E-state index contributed by atoms with van der Waals surface area (Å²) in [6, 6.07) is 83.7. The summed E-state index contributed by atoms with van der Waals surface area (Å²) in [4.78, 5) is 0. The summed E-state index contributed by atoms with van der Waals surface area (Å²) >= 11 is 0. The summed E-state index contributed by atoms with van der Waals surface area (Å²) < 4.78 is 41.1. The molecule has 14 aromatic carbocycles. The maximum Gasteiger partial charge on any atom is 0.135 e. The number of hydrogen-bond acceptors (Lipinski definition) is 8. The highest BCUT2D eigenvalue weighted by Gasteiger charge is 2.27. The molecule has 14 rings (SSSR count). The lowest BCUT2D eigenvalue weighted by Crippen LogP contribution is -2.12. The van der Waals surface area contributed by atoms with Crippen LogP contribution in [0.5, 0.6) is 34.5 Å². The fraction of sp³-hybridized carbons (Fsp3) is 0.105. The number of benzene rings is 14. The Morgan fingerprint density at radius 3 is 0.714 bits per heavy atom. The van der Waals surface area contributed by atoms with Gasteiger partial charge in [-0.15, -0.1) is 0 Å². The lowest BCUT2D eigenvalue weighted by Gasteiger charge is -2.24. The fourth-order valence-corrected chi connectivity index (χ4v) is 12.4. The van der Waals surface area contributed by atoms with Crippen molar-refractivity contribution in [3.8, 4) is 67.9 Å². The molecule has 0 saturated heterocycles. The summed E-state index contributed by atoms with van der Waals surface area (Å²) in [5, 5.41) is 36.5. The molecule has 410 valence electrons. The Morgan fingerprint density at radius 1 is 0.190 bits per heavy atom. The van der Waals surface area contributed by atoms with Gasteiger partial charge in [0, 0.05) is 44.2 Å². The van der Waals surface area contributed by atoms with Gasteiger partial charge in [0.25, 0.3) is 0 Å². The quantitative estimate of drug-likeness (QED) is 0.0611. The van der Waals surface area contributed by atoms with Crippen molar-refractivity contribution < 1.29 is 38.6 Å². The number of rotatable bonds is 19. The van der Waals surface area contributed by atoms with Crippen LogP contribution < -0.4 is 28.4 Å². The predicted octanol–water partition coefficient (Wildman–Crippen LogP) is 17.6. The molecule has 0 atom stereocenters. The van der Waals surface area contributed by atoms with Gasteiger partial charge in [-0.2, -0.15) is 0 Å². The van der Waals surface area contributed by atoms with Crippen LogP contribution in [0, 0.1) is 0 Å². The van der Waals surface area contributed by atoms with Crippen molar-refractivity contribution in [3.63, 3.8) is 0 Å². The summed E-state index contributed by atoms with van der Waals surface area (Å²) in [6.07, 6.45) is 0. The maximum absolute atomic E-state index is 9.92. The summed E-state index contributed by atoms with van der Waals surface area (Å²) in [6.45, 7) is 0.915. The molecule has 0 aliphatic carbocycles. The van der Waals surface area contributed by atoms with Crippen LogP contribution in [0.25, 0.3) is 120 Å². The van der Waals surface area contributed by atoms with E-state index in [0.717, 1.165) is 131 Å². The zero-order valence-electron chi connectivity index (χ0n) is 46.1. The molecule has 0 spiro atoms. The highest BCUT2D eigenvalue weighted by Crippen LogP contribution is 2.53. The smallest absolute Gasteiger partial charge is 0.135 e. The van der Waals surface area contributed by atoms with Crippen molar-refractivity contribution in [3.05, 3.63) is 243 Å². The molecule has 0 heterocycles. The Hall–Kier alpha value is -10.1. The van der Waals surface area contributed by atoms with Gasteiger partial charge in [-0.05, 0) is 99.7 Å². The van der Waals surface area contributed by atoms with Crippen LogP contribution in [0.3, 0.4) is 0 Å². The third-order valence-electron chi connectivity index (χ3n) is 16.0. The average molecular weight is 1100 g/mol. The van der Waals surface area contributed by atoms with Crippen molar-refractivity contribution in [2.75, 3.05) is 52.9 Å². The van der Waals surface area contributed by atoms with Crippen LogP contribution in [0.1, 0.15) is 0 Å². The first kappa shape index (κ1) is 52.0. The van der Waals surface area contributed by atoms with Crippen LogP contribution in [0.4, 0.5) is 0 Å². The third kappa shape index (κ3) is 9.41. The van der Waals surface area contributed by atoms with Gasteiger partial charge in [-0.3, -0.25) is 0 Å². The predicted molar refractivity (Wildman–Crippen MR) is 343 cm³/mol. The van der Waals surface area contributed by atoms with E-state index in [1.807, 2.05) is 72.8 Å².